The monoisotopic (exact) mass is 365 g/mol. The summed E-state index contributed by atoms with van der Waals surface area (Å²) in [4.78, 5) is 11.7. The molecule has 118 valence electrons. The van der Waals surface area contributed by atoms with Gasteiger partial charge in [-0.3, -0.25) is 4.79 Å². The van der Waals surface area contributed by atoms with Crippen LogP contribution in [0.1, 0.15) is 26.3 Å². The van der Waals surface area contributed by atoms with Gasteiger partial charge in [-0.25, -0.2) is 0 Å². The number of carbonyl (C=O) groups excluding carboxylic acids is 1. The Bertz CT molecular complexity index is 455. The molecule has 1 aromatic rings. The zero-order chi connectivity index (χ0) is 15.9. The molecule has 0 unspecified atom stereocenters. The molecule has 1 amide bonds. The molecule has 0 fully saturated rings. The zero-order valence-electron chi connectivity index (χ0n) is 12.5. The van der Waals surface area contributed by atoms with E-state index in [-0.39, 0.29) is 10.7 Å². The molecule has 0 radical (unpaired) electrons. The van der Waals surface area contributed by atoms with Crippen LogP contribution < -0.4 is 5.32 Å². The van der Waals surface area contributed by atoms with E-state index in [2.05, 4.69) is 26.1 Å². The summed E-state index contributed by atoms with van der Waals surface area (Å²) in [5.41, 5.74) is 0.891. The molecule has 0 atom stereocenters. The fraction of sp³-hybridized carbons (Fsp3) is 0.533. The number of amides is 1. The molecule has 0 saturated heterocycles. The van der Waals surface area contributed by atoms with Crippen LogP contribution in [0.4, 0.5) is 0 Å². The molecule has 1 rings (SSSR count). The van der Waals surface area contributed by atoms with Gasteiger partial charge in [0, 0.05) is 32.8 Å². The smallest absolute Gasteiger partial charge is 0.230 e. The highest BCUT2D eigenvalue weighted by molar-refractivity contribution is 8.00. The van der Waals surface area contributed by atoms with E-state index in [9.17, 15) is 4.79 Å². The van der Waals surface area contributed by atoms with Gasteiger partial charge in [0.15, 0.2) is 0 Å². The Morgan fingerprint density at radius 3 is 2.43 bits per heavy atom. The summed E-state index contributed by atoms with van der Waals surface area (Å²) in [7, 11) is 0. The van der Waals surface area contributed by atoms with Crippen LogP contribution in [0.5, 0.6) is 0 Å². The third kappa shape index (κ3) is 8.24. The molecule has 0 bridgehead atoms. The van der Waals surface area contributed by atoms with Crippen molar-refractivity contribution in [3.8, 4) is 0 Å². The Labute approximate surface area is 145 Å². The van der Waals surface area contributed by atoms with E-state index in [1.165, 1.54) is 11.8 Å². The molecule has 0 aliphatic heterocycles. The summed E-state index contributed by atoms with van der Waals surface area (Å²) >= 11 is 15.5. The Balaban J connectivity index is 2.22. The molecule has 0 aromatic heterocycles. The average Bonchev–Trinajstić information content (AvgIpc) is 2.37. The van der Waals surface area contributed by atoms with Gasteiger partial charge in [-0.1, -0.05) is 50.0 Å². The zero-order valence-corrected chi connectivity index (χ0v) is 15.7. The summed E-state index contributed by atoms with van der Waals surface area (Å²) in [5, 5.41) is 4.22. The van der Waals surface area contributed by atoms with Gasteiger partial charge in [-0.05, 0) is 17.7 Å². The van der Waals surface area contributed by atoms with Crippen LogP contribution in [0, 0.1) is 0 Å². The van der Waals surface area contributed by atoms with Crippen LogP contribution in [0.3, 0.4) is 0 Å². The molecule has 21 heavy (non-hydrogen) atoms. The van der Waals surface area contributed by atoms with Gasteiger partial charge in [0.25, 0.3) is 0 Å². The molecular weight excluding hydrogens is 345 g/mol. The van der Waals surface area contributed by atoms with Crippen LogP contribution in [0.25, 0.3) is 0 Å². The van der Waals surface area contributed by atoms with Crippen molar-refractivity contribution in [1.82, 2.24) is 5.32 Å². The van der Waals surface area contributed by atoms with E-state index in [4.69, 9.17) is 23.2 Å². The number of thioether (sulfide) groups is 2. The van der Waals surface area contributed by atoms with Gasteiger partial charge in [0.1, 0.15) is 0 Å². The van der Waals surface area contributed by atoms with Crippen molar-refractivity contribution < 1.29 is 4.79 Å². The van der Waals surface area contributed by atoms with Crippen LogP contribution in [0.2, 0.25) is 10.0 Å². The summed E-state index contributed by atoms with van der Waals surface area (Å²) in [5.74, 6) is 2.04. The van der Waals surface area contributed by atoms with Gasteiger partial charge < -0.3 is 5.32 Å². The number of benzene rings is 1. The standard InChI is InChI=1S/C15H21Cl2NOS2/c1-15(2,3)21-8-7-18-14(19)10-20-9-11-12(16)5-4-6-13(11)17/h4-6H,7-10H2,1-3H3,(H,18,19). The average molecular weight is 366 g/mol. The predicted molar refractivity (Wildman–Crippen MR) is 97.8 cm³/mol. The molecule has 1 N–H and O–H groups in total. The maximum atomic E-state index is 11.7. The van der Waals surface area contributed by atoms with Crippen molar-refractivity contribution in [2.24, 2.45) is 0 Å². The quantitative estimate of drug-likeness (QED) is 0.698. The Morgan fingerprint density at radius 2 is 1.86 bits per heavy atom. The topological polar surface area (TPSA) is 29.1 Å². The fourth-order valence-electron chi connectivity index (χ4n) is 1.51. The first kappa shape index (κ1) is 19.0. The highest BCUT2D eigenvalue weighted by Gasteiger charge is 2.10. The lowest BCUT2D eigenvalue weighted by Crippen LogP contribution is -2.28. The third-order valence-electron chi connectivity index (χ3n) is 2.50. The Hall–Kier alpha value is -0.0300. The number of halogens is 2. The van der Waals surface area contributed by atoms with E-state index in [1.54, 1.807) is 0 Å². The lowest BCUT2D eigenvalue weighted by molar-refractivity contribution is -0.118. The minimum absolute atomic E-state index is 0.0534. The molecular formula is C15H21Cl2NOS2. The predicted octanol–water partition coefficient (Wildman–Crippen LogP) is 4.87. The van der Waals surface area contributed by atoms with Gasteiger partial charge in [-0.2, -0.15) is 11.8 Å². The Morgan fingerprint density at radius 1 is 1.24 bits per heavy atom. The van der Waals surface area contributed by atoms with Crippen LogP contribution in [0.15, 0.2) is 18.2 Å². The van der Waals surface area contributed by atoms with Crippen molar-refractivity contribution in [3.05, 3.63) is 33.8 Å². The van der Waals surface area contributed by atoms with E-state index in [0.717, 1.165) is 11.3 Å². The van der Waals surface area contributed by atoms with Gasteiger partial charge in [0.05, 0.1) is 5.75 Å². The summed E-state index contributed by atoms with van der Waals surface area (Å²) in [6.07, 6.45) is 0. The maximum Gasteiger partial charge on any atom is 0.230 e. The first-order chi connectivity index (χ1) is 9.79. The highest BCUT2D eigenvalue weighted by atomic mass is 35.5. The number of carbonyl (C=O) groups is 1. The number of rotatable bonds is 7. The minimum Gasteiger partial charge on any atom is -0.355 e. The summed E-state index contributed by atoms with van der Waals surface area (Å²) < 4.78 is 0.236. The largest absolute Gasteiger partial charge is 0.355 e. The second-order valence-electron chi connectivity index (χ2n) is 5.50. The maximum absolute atomic E-state index is 11.7. The van der Waals surface area contributed by atoms with Crippen LogP contribution in [-0.2, 0) is 10.5 Å². The van der Waals surface area contributed by atoms with Crippen LogP contribution >= 0.6 is 46.7 Å². The second-order valence-corrected chi connectivity index (χ2v) is 9.23. The number of hydrogen-bond donors (Lipinski definition) is 1. The Kier molecular flexibility index (Phi) is 8.32. The van der Waals surface area contributed by atoms with Crippen molar-refractivity contribution in [3.63, 3.8) is 0 Å². The van der Waals surface area contributed by atoms with Gasteiger partial charge >= 0.3 is 0 Å². The van der Waals surface area contributed by atoms with Gasteiger partial charge in [-0.15, -0.1) is 11.8 Å². The molecule has 0 aliphatic carbocycles. The molecule has 0 spiro atoms. The van der Waals surface area contributed by atoms with Crippen molar-refractivity contribution >= 4 is 52.6 Å². The first-order valence-corrected chi connectivity index (χ1v) is 9.60. The lowest BCUT2D eigenvalue weighted by Gasteiger charge is -2.17. The van der Waals surface area contributed by atoms with E-state index in [1.807, 2.05) is 30.0 Å². The SMILES string of the molecule is CC(C)(C)SCCNC(=O)CSCc1c(Cl)cccc1Cl. The molecule has 0 saturated carbocycles. The van der Waals surface area contributed by atoms with E-state index in [0.29, 0.717) is 28.1 Å². The van der Waals surface area contributed by atoms with Gasteiger partial charge in [0.2, 0.25) is 5.91 Å². The first-order valence-electron chi connectivity index (χ1n) is 6.71. The fourth-order valence-corrected chi connectivity index (χ4v) is 3.93. The third-order valence-corrected chi connectivity index (χ3v) is 5.44. The van der Waals surface area contributed by atoms with E-state index >= 15 is 0 Å². The van der Waals surface area contributed by atoms with Crippen molar-refractivity contribution in [1.29, 1.82) is 0 Å². The minimum atomic E-state index is 0.0534. The highest BCUT2D eigenvalue weighted by Crippen LogP contribution is 2.28. The second kappa shape index (κ2) is 9.19. The number of nitrogens with one attached hydrogen (secondary N) is 1. The lowest BCUT2D eigenvalue weighted by atomic mass is 10.2. The molecule has 0 heterocycles. The molecule has 0 aliphatic rings. The molecule has 6 heteroatoms. The summed E-state index contributed by atoms with van der Waals surface area (Å²) in [6.45, 7) is 7.21. The van der Waals surface area contributed by atoms with Crippen molar-refractivity contribution in [2.45, 2.75) is 31.3 Å². The molecule has 1 aromatic carbocycles. The van der Waals surface area contributed by atoms with Crippen molar-refractivity contribution in [2.75, 3.05) is 18.1 Å². The normalized spacial score (nSPS) is 11.5. The molecule has 2 nitrogen and oxygen atoms in total. The summed E-state index contributed by atoms with van der Waals surface area (Å²) in [6, 6.07) is 5.44. The number of hydrogen-bond acceptors (Lipinski definition) is 3. The van der Waals surface area contributed by atoms with Crippen LogP contribution in [-0.4, -0.2) is 28.7 Å². The van der Waals surface area contributed by atoms with E-state index < -0.39 is 0 Å².